The molecule has 0 saturated carbocycles. The minimum absolute atomic E-state index is 0.183. The van der Waals surface area contributed by atoms with Crippen molar-refractivity contribution in [2.75, 3.05) is 0 Å². The number of hydrogen-bond donors (Lipinski definition) is 0. The van der Waals surface area contributed by atoms with Crippen LogP contribution < -0.4 is 0 Å². The second-order valence-electron chi connectivity index (χ2n) is 4.98. The molecule has 2 heteroatoms. The molecule has 0 radical (unpaired) electrons. The SMILES string of the molecule is CC1(C)c2ccccc2-c2c(F)cc(Cl)cc21. The number of fused-ring (bicyclic) bond motifs is 3. The Balaban J connectivity index is 2.44. The molecule has 0 fully saturated rings. The third-order valence-corrected chi connectivity index (χ3v) is 3.82. The third kappa shape index (κ3) is 1.35. The molecule has 2 aromatic carbocycles. The summed E-state index contributed by atoms with van der Waals surface area (Å²) < 4.78 is 14.1. The van der Waals surface area contributed by atoms with Crippen LogP contribution >= 0.6 is 11.6 Å². The smallest absolute Gasteiger partial charge is 0.132 e. The Morgan fingerprint density at radius 3 is 2.53 bits per heavy atom. The lowest BCUT2D eigenvalue weighted by atomic mass is 9.82. The largest absolute Gasteiger partial charge is 0.206 e. The Labute approximate surface area is 105 Å². The van der Waals surface area contributed by atoms with Crippen LogP contribution in [0.5, 0.6) is 0 Å². The van der Waals surface area contributed by atoms with Crippen molar-refractivity contribution < 1.29 is 4.39 Å². The molecule has 1 aliphatic rings. The van der Waals surface area contributed by atoms with E-state index in [1.807, 2.05) is 24.3 Å². The highest BCUT2D eigenvalue weighted by Crippen LogP contribution is 2.50. The molecule has 0 spiro atoms. The van der Waals surface area contributed by atoms with Crippen molar-refractivity contribution in [3.05, 3.63) is 58.4 Å². The van der Waals surface area contributed by atoms with E-state index < -0.39 is 0 Å². The molecule has 0 nitrogen and oxygen atoms in total. The highest BCUT2D eigenvalue weighted by atomic mass is 35.5. The van der Waals surface area contributed by atoms with E-state index in [4.69, 9.17) is 11.6 Å². The van der Waals surface area contributed by atoms with Crippen molar-refractivity contribution in [3.63, 3.8) is 0 Å². The normalized spacial score (nSPS) is 15.5. The fourth-order valence-electron chi connectivity index (χ4n) is 2.73. The van der Waals surface area contributed by atoms with E-state index >= 15 is 0 Å². The summed E-state index contributed by atoms with van der Waals surface area (Å²) in [5.41, 5.74) is 3.65. The second kappa shape index (κ2) is 3.33. The van der Waals surface area contributed by atoms with Gasteiger partial charge in [-0.25, -0.2) is 4.39 Å². The van der Waals surface area contributed by atoms with E-state index in [9.17, 15) is 4.39 Å². The molecule has 86 valence electrons. The molecule has 0 aromatic heterocycles. The number of halogens is 2. The lowest BCUT2D eigenvalue weighted by Gasteiger charge is -2.21. The quantitative estimate of drug-likeness (QED) is 0.627. The molecule has 0 atom stereocenters. The molecule has 0 unspecified atom stereocenters. The predicted octanol–water partition coefficient (Wildman–Crippen LogP) is 4.79. The van der Waals surface area contributed by atoms with Gasteiger partial charge in [0.15, 0.2) is 0 Å². The first-order valence-corrected chi connectivity index (χ1v) is 5.99. The fourth-order valence-corrected chi connectivity index (χ4v) is 2.94. The number of hydrogen-bond acceptors (Lipinski definition) is 0. The highest BCUT2D eigenvalue weighted by molar-refractivity contribution is 6.30. The van der Waals surface area contributed by atoms with Gasteiger partial charge in [-0.15, -0.1) is 0 Å². The summed E-state index contributed by atoms with van der Waals surface area (Å²) >= 11 is 5.96. The molecule has 17 heavy (non-hydrogen) atoms. The molecule has 0 bridgehead atoms. The number of rotatable bonds is 0. The van der Waals surface area contributed by atoms with Crippen LogP contribution in [0.1, 0.15) is 25.0 Å². The zero-order valence-corrected chi connectivity index (χ0v) is 10.5. The van der Waals surface area contributed by atoms with Crippen LogP contribution in [-0.4, -0.2) is 0 Å². The van der Waals surface area contributed by atoms with Crippen LogP contribution in [0.2, 0.25) is 5.02 Å². The second-order valence-corrected chi connectivity index (χ2v) is 5.42. The molecule has 2 aromatic rings. The Morgan fingerprint density at radius 2 is 1.76 bits per heavy atom. The molecule has 3 rings (SSSR count). The topological polar surface area (TPSA) is 0 Å². The van der Waals surface area contributed by atoms with Gasteiger partial charge in [0, 0.05) is 16.0 Å². The molecule has 0 aliphatic heterocycles. The van der Waals surface area contributed by atoms with Crippen LogP contribution in [0.15, 0.2) is 36.4 Å². The van der Waals surface area contributed by atoms with Gasteiger partial charge in [0.25, 0.3) is 0 Å². The first-order valence-electron chi connectivity index (χ1n) is 5.61. The minimum Gasteiger partial charge on any atom is -0.206 e. The molecule has 0 saturated heterocycles. The fraction of sp³-hybridized carbons (Fsp3) is 0.200. The monoisotopic (exact) mass is 246 g/mol. The maximum absolute atomic E-state index is 14.1. The van der Waals surface area contributed by atoms with Gasteiger partial charge < -0.3 is 0 Å². The maximum Gasteiger partial charge on any atom is 0.132 e. The Kier molecular flexibility index (Phi) is 2.11. The summed E-state index contributed by atoms with van der Waals surface area (Å²) in [5.74, 6) is -0.231. The van der Waals surface area contributed by atoms with Gasteiger partial charge in [-0.1, -0.05) is 49.7 Å². The summed E-state index contributed by atoms with van der Waals surface area (Å²) in [6.07, 6.45) is 0. The predicted molar refractivity (Wildman–Crippen MR) is 69.0 cm³/mol. The van der Waals surface area contributed by atoms with Crippen molar-refractivity contribution >= 4 is 11.6 Å². The van der Waals surface area contributed by atoms with Crippen molar-refractivity contribution in [1.29, 1.82) is 0 Å². The van der Waals surface area contributed by atoms with Gasteiger partial charge >= 0.3 is 0 Å². The lowest BCUT2D eigenvalue weighted by molar-refractivity contribution is 0.620. The molecule has 1 aliphatic carbocycles. The van der Waals surface area contributed by atoms with E-state index in [0.29, 0.717) is 10.6 Å². The first-order chi connectivity index (χ1) is 8.01. The first kappa shape index (κ1) is 10.8. The summed E-state index contributed by atoms with van der Waals surface area (Å²) in [7, 11) is 0. The molecule has 0 amide bonds. The summed E-state index contributed by atoms with van der Waals surface area (Å²) in [5, 5.41) is 0.460. The molecular weight excluding hydrogens is 235 g/mol. The van der Waals surface area contributed by atoms with Crippen molar-refractivity contribution in [3.8, 4) is 11.1 Å². The Bertz CT molecular complexity index is 614. The van der Waals surface area contributed by atoms with Crippen LogP contribution in [0.3, 0.4) is 0 Å². The lowest BCUT2D eigenvalue weighted by Crippen LogP contribution is -2.14. The van der Waals surface area contributed by atoms with E-state index in [1.165, 1.54) is 6.07 Å². The van der Waals surface area contributed by atoms with Gasteiger partial charge in [-0.3, -0.25) is 0 Å². The zero-order valence-electron chi connectivity index (χ0n) is 9.72. The number of benzene rings is 2. The average molecular weight is 247 g/mol. The minimum atomic E-state index is -0.231. The van der Waals surface area contributed by atoms with Crippen LogP contribution in [0.25, 0.3) is 11.1 Å². The van der Waals surface area contributed by atoms with Gasteiger partial charge in [0.2, 0.25) is 0 Å². The van der Waals surface area contributed by atoms with Crippen LogP contribution in [0, 0.1) is 5.82 Å². The Morgan fingerprint density at radius 1 is 1.06 bits per heavy atom. The standard InChI is InChI=1S/C15H12ClF/c1-15(2)11-6-4-3-5-10(11)14-12(15)7-9(16)8-13(14)17/h3-8H,1-2H3. The summed E-state index contributed by atoms with van der Waals surface area (Å²) in [6, 6.07) is 11.2. The highest BCUT2D eigenvalue weighted by Gasteiger charge is 2.37. The zero-order chi connectivity index (χ0) is 12.2. The van der Waals surface area contributed by atoms with Crippen molar-refractivity contribution in [2.24, 2.45) is 0 Å². The van der Waals surface area contributed by atoms with Gasteiger partial charge in [-0.2, -0.15) is 0 Å². The van der Waals surface area contributed by atoms with Gasteiger partial charge in [0.1, 0.15) is 5.82 Å². The van der Waals surface area contributed by atoms with Crippen LogP contribution in [0.4, 0.5) is 4.39 Å². The Hall–Kier alpha value is -1.34. The molecule has 0 N–H and O–H groups in total. The molecule has 0 heterocycles. The molecular formula is C15H12ClF. The average Bonchev–Trinajstić information content (AvgIpc) is 2.49. The van der Waals surface area contributed by atoms with E-state index in [-0.39, 0.29) is 11.2 Å². The van der Waals surface area contributed by atoms with Crippen molar-refractivity contribution in [2.45, 2.75) is 19.3 Å². The summed E-state index contributed by atoms with van der Waals surface area (Å²) in [4.78, 5) is 0. The van der Waals surface area contributed by atoms with E-state index in [0.717, 1.165) is 16.7 Å². The van der Waals surface area contributed by atoms with E-state index in [1.54, 1.807) is 0 Å². The third-order valence-electron chi connectivity index (χ3n) is 3.60. The van der Waals surface area contributed by atoms with E-state index in [2.05, 4.69) is 19.9 Å². The summed E-state index contributed by atoms with van der Waals surface area (Å²) in [6.45, 7) is 4.21. The van der Waals surface area contributed by atoms with Crippen molar-refractivity contribution in [1.82, 2.24) is 0 Å². The maximum atomic E-state index is 14.1. The van der Waals surface area contributed by atoms with Crippen LogP contribution in [-0.2, 0) is 5.41 Å². The van der Waals surface area contributed by atoms with Gasteiger partial charge in [0.05, 0.1) is 0 Å². The van der Waals surface area contributed by atoms with Gasteiger partial charge in [-0.05, 0) is 28.8 Å².